The van der Waals surface area contributed by atoms with E-state index >= 15 is 0 Å². The summed E-state index contributed by atoms with van der Waals surface area (Å²) in [5.74, 6) is -0.667. The fourth-order valence-corrected chi connectivity index (χ4v) is 7.66. The summed E-state index contributed by atoms with van der Waals surface area (Å²) in [5, 5.41) is 11.3. The second-order valence-corrected chi connectivity index (χ2v) is 12.5. The average molecular weight is 435 g/mol. The third kappa shape index (κ3) is 4.58. The van der Waals surface area contributed by atoms with E-state index in [0.717, 1.165) is 32.1 Å². The zero-order chi connectivity index (χ0) is 23.5. The van der Waals surface area contributed by atoms with Crippen LogP contribution in [-0.2, 0) is 19.1 Å². The molecule has 0 saturated heterocycles. The van der Waals surface area contributed by atoms with Crippen molar-refractivity contribution in [1.82, 2.24) is 0 Å². The molecule has 0 amide bonds. The van der Waals surface area contributed by atoms with E-state index in [-0.39, 0.29) is 16.8 Å². The van der Waals surface area contributed by atoms with E-state index in [1.54, 1.807) is 6.92 Å². The molecule has 0 aromatic carbocycles. The Kier molecular flexibility index (Phi) is 5.74. The van der Waals surface area contributed by atoms with Crippen molar-refractivity contribution in [2.45, 2.75) is 123 Å². The van der Waals surface area contributed by atoms with Gasteiger partial charge in [-0.15, -0.1) is 0 Å². The van der Waals surface area contributed by atoms with E-state index in [2.05, 4.69) is 20.4 Å². The number of ether oxygens (including phenoxy) is 2. The van der Waals surface area contributed by atoms with Crippen LogP contribution in [0.1, 0.15) is 106 Å². The molecule has 4 fully saturated rings. The molecule has 4 bridgehead atoms. The Hall–Kier alpha value is -1.36. The zero-order valence-corrected chi connectivity index (χ0v) is 20.7. The Morgan fingerprint density at radius 1 is 0.968 bits per heavy atom. The van der Waals surface area contributed by atoms with Crippen molar-refractivity contribution in [1.29, 1.82) is 0 Å². The van der Waals surface area contributed by atoms with Crippen LogP contribution in [0, 0.1) is 16.2 Å². The first kappa shape index (κ1) is 24.3. The largest absolute Gasteiger partial charge is 0.458 e. The number of hydrogen-bond acceptors (Lipinski definition) is 5. The van der Waals surface area contributed by atoms with Gasteiger partial charge in [-0.25, -0.2) is 4.79 Å². The molecule has 4 unspecified atom stereocenters. The highest BCUT2D eigenvalue weighted by Crippen LogP contribution is 2.68. The summed E-state index contributed by atoms with van der Waals surface area (Å²) in [7, 11) is 0. The van der Waals surface area contributed by atoms with Crippen molar-refractivity contribution in [3.63, 3.8) is 0 Å². The predicted octanol–water partition coefficient (Wildman–Crippen LogP) is 5.49. The number of rotatable bonds is 8. The van der Waals surface area contributed by atoms with Crippen LogP contribution in [0.15, 0.2) is 12.2 Å². The van der Waals surface area contributed by atoms with Gasteiger partial charge >= 0.3 is 11.9 Å². The first-order valence-corrected chi connectivity index (χ1v) is 11.9. The van der Waals surface area contributed by atoms with Crippen LogP contribution in [-0.4, -0.2) is 33.8 Å². The first-order chi connectivity index (χ1) is 14.0. The van der Waals surface area contributed by atoms with Crippen LogP contribution in [0.4, 0.5) is 0 Å². The summed E-state index contributed by atoms with van der Waals surface area (Å²) in [6.45, 7) is 17.5. The van der Waals surface area contributed by atoms with Crippen molar-refractivity contribution in [2.24, 2.45) is 16.2 Å². The maximum absolute atomic E-state index is 13.6. The normalized spacial score (nSPS) is 40.0. The van der Waals surface area contributed by atoms with Gasteiger partial charge in [-0.05, 0) is 76.5 Å². The fraction of sp³-hybridized carbons (Fsp3) is 0.846. The van der Waals surface area contributed by atoms with Crippen LogP contribution >= 0.6 is 0 Å². The number of esters is 2. The minimum Gasteiger partial charge on any atom is -0.458 e. The van der Waals surface area contributed by atoms with Crippen molar-refractivity contribution in [3.8, 4) is 0 Å². The molecule has 0 radical (unpaired) electrons. The van der Waals surface area contributed by atoms with Gasteiger partial charge in [0.25, 0.3) is 0 Å². The fourth-order valence-electron chi connectivity index (χ4n) is 7.66. The molecule has 0 aromatic heterocycles. The third-order valence-corrected chi connectivity index (χ3v) is 8.30. The van der Waals surface area contributed by atoms with Crippen molar-refractivity contribution >= 4 is 11.9 Å². The lowest BCUT2D eigenvalue weighted by molar-refractivity contribution is -0.264. The lowest BCUT2D eigenvalue weighted by atomic mass is 9.42. The first-order valence-electron chi connectivity index (χ1n) is 11.9. The Bertz CT molecular complexity index is 731. The van der Waals surface area contributed by atoms with Gasteiger partial charge in [0.15, 0.2) is 0 Å². The van der Waals surface area contributed by atoms with Gasteiger partial charge in [-0.3, -0.25) is 4.79 Å². The quantitative estimate of drug-likeness (QED) is 0.404. The molecule has 0 spiro atoms. The highest BCUT2D eigenvalue weighted by Gasteiger charge is 2.67. The summed E-state index contributed by atoms with van der Waals surface area (Å²) < 4.78 is 12.1. The van der Waals surface area contributed by atoms with E-state index in [0.29, 0.717) is 31.3 Å². The molecule has 1 N–H and O–H groups in total. The second-order valence-electron chi connectivity index (χ2n) is 12.5. The molecule has 0 aliphatic heterocycles. The number of aliphatic hydroxyl groups is 1. The number of carbonyl (C=O) groups excluding carboxylic acids is 2. The maximum atomic E-state index is 13.6. The van der Waals surface area contributed by atoms with E-state index < -0.39 is 28.2 Å². The van der Waals surface area contributed by atoms with Gasteiger partial charge < -0.3 is 14.6 Å². The summed E-state index contributed by atoms with van der Waals surface area (Å²) >= 11 is 0. The molecule has 4 aliphatic rings. The third-order valence-electron chi connectivity index (χ3n) is 8.30. The zero-order valence-electron chi connectivity index (χ0n) is 20.7. The summed E-state index contributed by atoms with van der Waals surface area (Å²) in [4.78, 5) is 25.8. The molecule has 0 heterocycles. The Morgan fingerprint density at radius 2 is 1.52 bits per heavy atom. The van der Waals surface area contributed by atoms with E-state index in [1.807, 2.05) is 27.7 Å². The summed E-state index contributed by atoms with van der Waals surface area (Å²) in [5.41, 5.74) is -2.53. The highest BCUT2D eigenvalue weighted by molar-refractivity contribution is 5.87. The van der Waals surface area contributed by atoms with Gasteiger partial charge in [0.1, 0.15) is 11.2 Å². The molecule has 0 aromatic rings. The molecule has 4 aliphatic carbocycles. The minimum absolute atomic E-state index is 0.0100. The molecular weight excluding hydrogens is 392 g/mol. The standard InChI is InChI=1S/C26H42O5/c1-9-23(7,16-24(8,10-2)30-19(27)18(3)4)20(28)31-26-14-21(5)11-22(6,15-26)13-25(29,12-21)17-26/h29H,3,9-17H2,1-2,4-8H3. The van der Waals surface area contributed by atoms with Gasteiger partial charge in [-0.1, -0.05) is 34.3 Å². The SMILES string of the molecule is C=C(C)C(=O)OC(C)(CC)CC(C)(CC)C(=O)OC12CC3(C)CC(C)(CC(O)(C3)C1)C2. The van der Waals surface area contributed by atoms with Gasteiger partial charge in [-0.2, -0.15) is 0 Å². The molecular formula is C26H42O5. The number of hydrogen-bond donors (Lipinski definition) is 1. The average Bonchev–Trinajstić information content (AvgIpc) is 2.56. The second kappa shape index (κ2) is 7.33. The van der Waals surface area contributed by atoms with Crippen molar-refractivity contribution < 1.29 is 24.2 Å². The van der Waals surface area contributed by atoms with Crippen LogP contribution in [0.5, 0.6) is 0 Å². The van der Waals surface area contributed by atoms with Crippen molar-refractivity contribution in [2.75, 3.05) is 0 Å². The Balaban J connectivity index is 1.82. The van der Waals surface area contributed by atoms with Gasteiger partial charge in [0.2, 0.25) is 0 Å². The molecule has 4 rings (SSSR count). The molecule has 4 atom stereocenters. The van der Waals surface area contributed by atoms with Gasteiger partial charge in [0.05, 0.1) is 11.0 Å². The summed E-state index contributed by atoms with van der Waals surface area (Å²) in [6.07, 6.45) is 6.41. The number of carbonyl (C=O) groups is 2. The molecule has 176 valence electrons. The maximum Gasteiger partial charge on any atom is 0.333 e. The van der Waals surface area contributed by atoms with E-state index in [9.17, 15) is 14.7 Å². The van der Waals surface area contributed by atoms with Crippen LogP contribution < -0.4 is 0 Å². The molecule has 5 heteroatoms. The lowest BCUT2D eigenvalue weighted by Crippen LogP contribution is -2.67. The van der Waals surface area contributed by atoms with Crippen LogP contribution in [0.2, 0.25) is 0 Å². The topological polar surface area (TPSA) is 72.8 Å². The highest BCUT2D eigenvalue weighted by atomic mass is 16.6. The summed E-state index contributed by atoms with van der Waals surface area (Å²) in [6, 6.07) is 0. The molecule has 31 heavy (non-hydrogen) atoms. The predicted molar refractivity (Wildman–Crippen MR) is 120 cm³/mol. The van der Waals surface area contributed by atoms with Crippen LogP contribution in [0.25, 0.3) is 0 Å². The monoisotopic (exact) mass is 434 g/mol. The Morgan fingerprint density at radius 3 is 1.94 bits per heavy atom. The van der Waals surface area contributed by atoms with Crippen LogP contribution in [0.3, 0.4) is 0 Å². The lowest BCUT2D eigenvalue weighted by Gasteiger charge is -2.67. The smallest absolute Gasteiger partial charge is 0.333 e. The molecule has 5 nitrogen and oxygen atoms in total. The Labute approximate surface area is 188 Å². The van der Waals surface area contributed by atoms with E-state index in [4.69, 9.17) is 9.47 Å². The minimum atomic E-state index is -0.784. The van der Waals surface area contributed by atoms with E-state index in [1.165, 1.54) is 0 Å². The molecule has 4 saturated carbocycles. The van der Waals surface area contributed by atoms with Gasteiger partial charge in [0, 0.05) is 18.4 Å². The van der Waals surface area contributed by atoms with Crippen molar-refractivity contribution in [3.05, 3.63) is 12.2 Å².